The fourth-order valence-corrected chi connectivity index (χ4v) is 3.90. The molecule has 10 heteroatoms. The van der Waals surface area contributed by atoms with E-state index in [0.717, 1.165) is 10.0 Å². The average molecular weight is 552 g/mol. The number of hydrogen-bond donors (Lipinski definition) is 1. The molecule has 184 valence electrons. The first-order valence-corrected chi connectivity index (χ1v) is 11.5. The summed E-state index contributed by atoms with van der Waals surface area (Å²) in [6, 6.07) is 15.1. The number of halogens is 1. The van der Waals surface area contributed by atoms with Gasteiger partial charge in [-0.05, 0) is 55.0 Å². The van der Waals surface area contributed by atoms with Gasteiger partial charge in [-0.1, -0.05) is 28.1 Å². The zero-order valence-corrected chi connectivity index (χ0v) is 21.3. The average Bonchev–Trinajstić information content (AvgIpc) is 2.87. The standard InChI is InChI=1S/C26H22BrN3O6/c1-15-29-21-9-8-19(27)12-20(21)25(31)30(15)28-13-17-10-22(34-2)24(23(11-17)35-3)36-14-16-4-6-18(7-5-16)26(32)33/h4-13H,14H2,1-3H3,(H,32,33). The van der Waals surface area contributed by atoms with Crippen LogP contribution in [0, 0.1) is 6.92 Å². The molecule has 0 bridgehead atoms. The Morgan fingerprint density at radius 1 is 1.08 bits per heavy atom. The van der Waals surface area contributed by atoms with Crippen LogP contribution in [0.5, 0.6) is 17.2 Å². The molecular weight excluding hydrogens is 530 g/mol. The lowest BCUT2D eigenvalue weighted by Crippen LogP contribution is -2.20. The molecule has 0 unspecified atom stereocenters. The number of carboxylic acids is 1. The highest BCUT2D eigenvalue weighted by molar-refractivity contribution is 9.10. The van der Waals surface area contributed by atoms with Crippen molar-refractivity contribution in [1.29, 1.82) is 0 Å². The quantitative estimate of drug-likeness (QED) is 0.317. The van der Waals surface area contributed by atoms with Crippen molar-refractivity contribution in [2.75, 3.05) is 14.2 Å². The number of ether oxygens (including phenoxy) is 3. The van der Waals surface area contributed by atoms with E-state index >= 15 is 0 Å². The Bertz CT molecular complexity index is 1500. The highest BCUT2D eigenvalue weighted by Gasteiger charge is 2.15. The largest absolute Gasteiger partial charge is 0.493 e. The van der Waals surface area contributed by atoms with Crippen molar-refractivity contribution in [2.24, 2.45) is 5.10 Å². The highest BCUT2D eigenvalue weighted by Crippen LogP contribution is 2.38. The van der Waals surface area contributed by atoms with Crippen molar-refractivity contribution in [3.05, 3.63) is 91.9 Å². The van der Waals surface area contributed by atoms with Gasteiger partial charge in [-0.25, -0.2) is 9.78 Å². The first kappa shape index (κ1) is 24.9. The zero-order valence-electron chi connectivity index (χ0n) is 19.7. The van der Waals surface area contributed by atoms with E-state index in [-0.39, 0.29) is 17.7 Å². The number of aryl methyl sites for hydroxylation is 1. The fourth-order valence-electron chi connectivity index (χ4n) is 3.54. The van der Waals surface area contributed by atoms with Crippen molar-refractivity contribution in [2.45, 2.75) is 13.5 Å². The van der Waals surface area contributed by atoms with E-state index < -0.39 is 5.97 Å². The number of methoxy groups -OCH3 is 2. The summed E-state index contributed by atoms with van der Waals surface area (Å²) in [7, 11) is 3.01. The summed E-state index contributed by atoms with van der Waals surface area (Å²) in [6.45, 7) is 1.88. The molecule has 1 aromatic heterocycles. The van der Waals surface area contributed by atoms with E-state index in [2.05, 4.69) is 26.0 Å². The first-order valence-electron chi connectivity index (χ1n) is 10.7. The summed E-state index contributed by atoms with van der Waals surface area (Å²) in [6.07, 6.45) is 1.51. The highest BCUT2D eigenvalue weighted by atomic mass is 79.9. The molecule has 0 aliphatic rings. The summed E-state index contributed by atoms with van der Waals surface area (Å²) < 4.78 is 19.0. The molecular formula is C26H22BrN3O6. The Kier molecular flexibility index (Phi) is 7.35. The van der Waals surface area contributed by atoms with E-state index in [1.165, 1.54) is 37.2 Å². The fraction of sp³-hybridized carbons (Fsp3) is 0.154. The van der Waals surface area contributed by atoms with Crippen molar-refractivity contribution in [3.8, 4) is 17.2 Å². The van der Waals surface area contributed by atoms with Crippen LogP contribution in [0.25, 0.3) is 10.9 Å². The van der Waals surface area contributed by atoms with E-state index in [4.69, 9.17) is 19.3 Å². The summed E-state index contributed by atoms with van der Waals surface area (Å²) in [5, 5.41) is 13.9. The van der Waals surface area contributed by atoms with Gasteiger partial charge in [-0.15, -0.1) is 0 Å². The number of nitrogens with zero attached hydrogens (tertiary/aromatic N) is 3. The molecule has 0 atom stereocenters. The van der Waals surface area contributed by atoms with Gasteiger partial charge in [-0.3, -0.25) is 4.79 Å². The van der Waals surface area contributed by atoms with E-state index in [1.54, 1.807) is 43.3 Å². The van der Waals surface area contributed by atoms with E-state index in [1.807, 2.05) is 6.07 Å². The molecule has 36 heavy (non-hydrogen) atoms. The third-order valence-corrected chi connectivity index (χ3v) is 5.85. The molecule has 0 radical (unpaired) electrons. The second-order valence-corrected chi connectivity index (χ2v) is 8.64. The molecule has 0 spiro atoms. The van der Waals surface area contributed by atoms with Gasteiger partial charge in [0.2, 0.25) is 5.75 Å². The molecule has 0 saturated carbocycles. The monoisotopic (exact) mass is 551 g/mol. The van der Waals surface area contributed by atoms with Crippen LogP contribution in [0.4, 0.5) is 0 Å². The van der Waals surface area contributed by atoms with Crippen LogP contribution < -0.4 is 19.8 Å². The van der Waals surface area contributed by atoms with Crippen LogP contribution in [0.15, 0.2) is 69.0 Å². The smallest absolute Gasteiger partial charge is 0.335 e. The van der Waals surface area contributed by atoms with Gasteiger partial charge in [-0.2, -0.15) is 9.78 Å². The Hall–Kier alpha value is -4.18. The number of aromatic carboxylic acids is 1. The number of carboxylic acid groups (broad SMARTS) is 1. The molecule has 0 fully saturated rings. The predicted octanol–water partition coefficient (Wildman–Crippen LogP) is 4.64. The maximum atomic E-state index is 13.0. The predicted molar refractivity (Wildman–Crippen MR) is 139 cm³/mol. The number of rotatable bonds is 8. The van der Waals surface area contributed by atoms with Gasteiger partial charge in [0, 0.05) is 10.0 Å². The molecule has 0 aliphatic carbocycles. The normalized spacial score (nSPS) is 11.1. The van der Waals surface area contributed by atoms with Crippen molar-refractivity contribution in [1.82, 2.24) is 9.66 Å². The summed E-state index contributed by atoms with van der Waals surface area (Å²) >= 11 is 3.38. The molecule has 0 saturated heterocycles. The second-order valence-electron chi connectivity index (χ2n) is 7.73. The van der Waals surface area contributed by atoms with Crippen molar-refractivity contribution in [3.63, 3.8) is 0 Å². The van der Waals surface area contributed by atoms with Gasteiger partial charge in [0.25, 0.3) is 5.56 Å². The van der Waals surface area contributed by atoms with E-state index in [0.29, 0.717) is 39.5 Å². The van der Waals surface area contributed by atoms with Crippen LogP contribution >= 0.6 is 15.9 Å². The van der Waals surface area contributed by atoms with Crippen LogP contribution in [0.2, 0.25) is 0 Å². The minimum atomic E-state index is -0.993. The van der Waals surface area contributed by atoms with Crippen molar-refractivity contribution < 1.29 is 24.1 Å². The minimum Gasteiger partial charge on any atom is -0.493 e. The minimum absolute atomic E-state index is 0.174. The Labute approximate surface area is 214 Å². The Morgan fingerprint density at radius 3 is 2.36 bits per heavy atom. The molecule has 1 N–H and O–H groups in total. The molecule has 0 amide bonds. The van der Waals surface area contributed by atoms with Gasteiger partial charge in [0.05, 0.1) is 36.9 Å². The Balaban J connectivity index is 1.63. The van der Waals surface area contributed by atoms with Crippen LogP contribution in [-0.2, 0) is 6.61 Å². The zero-order chi connectivity index (χ0) is 25.8. The van der Waals surface area contributed by atoms with Gasteiger partial charge in [0.1, 0.15) is 12.4 Å². The van der Waals surface area contributed by atoms with Gasteiger partial charge in [0.15, 0.2) is 11.5 Å². The SMILES string of the molecule is COc1cc(C=Nn2c(C)nc3ccc(Br)cc3c2=O)cc(OC)c1OCc1ccc(C(=O)O)cc1. The lowest BCUT2D eigenvalue weighted by Gasteiger charge is -2.15. The lowest BCUT2D eigenvalue weighted by molar-refractivity contribution is 0.0697. The Morgan fingerprint density at radius 2 is 1.75 bits per heavy atom. The third kappa shape index (κ3) is 5.23. The third-order valence-electron chi connectivity index (χ3n) is 5.36. The first-order chi connectivity index (χ1) is 17.3. The number of carbonyl (C=O) groups is 1. The van der Waals surface area contributed by atoms with Crippen LogP contribution in [0.1, 0.15) is 27.3 Å². The van der Waals surface area contributed by atoms with Crippen LogP contribution in [-0.4, -0.2) is 41.2 Å². The number of aromatic nitrogens is 2. The maximum Gasteiger partial charge on any atom is 0.335 e. The maximum absolute atomic E-state index is 13.0. The second kappa shape index (κ2) is 10.6. The number of benzene rings is 3. The number of hydrogen-bond acceptors (Lipinski definition) is 7. The molecule has 1 heterocycles. The molecule has 4 aromatic rings. The topological polar surface area (TPSA) is 112 Å². The summed E-state index contributed by atoms with van der Waals surface area (Å²) in [4.78, 5) is 28.5. The van der Waals surface area contributed by atoms with Crippen molar-refractivity contribution >= 4 is 39.0 Å². The van der Waals surface area contributed by atoms with Gasteiger partial charge < -0.3 is 19.3 Å². The molecule has 3 aromatic carbocycles. The molecule has 0 aliphatic heterocycles. The molecule has 9 nitrogen and oxygen atoms in total. The summed E-state index contributed by atoms with van der Waals surface area (Å²) in [5.41, 5.74) is 1.89. The van der Waals surface area contributed by atoms with Gasteiger partial charge >= 0.3 is 5.97 Å². The van der Waals surface area contributed by atoms with Crippen LogP contribution in [0.3, 0.4) is 0 Å². The lowest BCUT2D eigenvalue weighted by atomic mass is 10.1. The molecule has 4 rings (SSSR count). The number of fused-ring (bicyclic) bond motifs is 1. The summed E-state index contributed by atoms with van der Waals surface area (Å²) in [5.74, 6) is 0.641. The van der Waals surface area contributed by atoms with E-state index in [9.17, 15) is 9.59 Å².